The van der Waals surface area contributed by atoms with E-state index < -0.39 is 42.1 Å². The molecule has 11 heteroatoms. The third kappa shape index (κ3) is 8.62. The number of ether oxygens (including phenoxy) is 3. The number of aromatic nitrogens is 4. The van der Waals surface area contributed by atoms with E-state index in [0.29, 0.717) is 12.8 Å². The Labute approximate surface area is 241 Å². The Morgan fingerprint density at radius 2 is 1.80 bits per heavy atom. The van der Waals surface area contributed by atoms with Crippen molar-refractivity contribution in [3.05, 3.63) is 12.4 Å². The number of anilines is 1. The predicted octanol–water partition coefficient (Wildman–Crippen LogP) is 6.00. The molecular formula is C30H44FN5O5. The van der Waals surface area contributed by atoms with Gasteiger partial charge in [-0.25, -0.2) is 4.98 Å². The molecule has 41 heavy (non-hydrogen) atoms. The van der Waals surface area contributed by atoms with Gasteiger partial charge in [0.1, 0.15) is 6.23 Å². The third-order valence-electron chi connectivity index (χ3n) is 7.46. The Morgan fingerprint density at radius 1 is 1.15 bits per heavy atom. The average Bonchev–Trinajstić information content (AvgIpc) is 3.51. The Hall–Kier alpha value is -3.26. The van der Waals surface area contributed by atoms with E-state index in [2.05, 4.69) is 27.8 Å². The molecule has 3 rings (SSSR count). The van der Waals surface area contributed by atoms with Crippen molar-refractivity contribution in [2.45, 2.75) is 129 Å². The number of carbonyl (C=O) groups excluding carboxylic acids is 2. The van der Waals surface area contributed by atoms with Crippen molar-refractivity contribution < 1.29 is 28.2 Å². The van der Waals surface area contributed by atoms with Gasteiger partial charge in [-0.2, -0.15) is 14.4 Å². The van der Waals surface area contributed by atoms with Crippen LogP contribution >= 0.6 is 0 Å². The molecular weight excluding hydrogens is 529 g/mol. The quantitative estimate of drug-likeness (QED) is 0.105. The van der Waals surface area contributed by atoms with Crippen LogP contribution in [0.15, 0.2) is 6.33 Å². The maximum absolute atomic E-state index is 13.9. The molecule has 0 aromatic carbocycles. The van der Waals surface area contributed by atoms with Crippen molar-refractivity contribution in [1.29, 1.82) is 0 Å². The fourth-order valence-electron chi connectivity index (χ4n) is 5.06. The number of nitrogens with two attached hydrogens (primary N) is 1. The van der Waals surface area contributed by atoms with Gasteiger partial charge in [0.15, 0.2) is 23.1 Å². The van der Waals surface area contributed by atoms with Gasteiger partial charge in [0.05, 0.1) is 12.2 Å². The summed E-state index contributed by atoms with van der Waals surface area (Å²) in [6.07, 6.45) is 17.6. The van der Waals surface area contributed by atoms with E-state index in [0.717, 1.165) is 19.3 Å². The summed E-state index contributed by atoms with van der Waals surface area (Å²) in [4.78, 5) is 37.0. The molecule has 3 heterocycles. The van der Waals surface area contributed by atoms with Gasteiger partial charge < -0.3 is 19.9 Å². The maximum Gasteiger partial charge on any atom is 0.317 e. The number of hydrogen-bond acceptors (Lipinski definition) is 9. The molecule has 1 aliphatic heterocycles. The monoisotopic (exact) mass is 573 g/mol. The van der Waals surface area contributed by atoms with Gasteiger partial charge in [0.25, 0.3) is 0 Å². The molecule has 2 N–H and O–H groups in total. The van der Waals surface area contributed by atoms with Crippen LogP contribution in [0, 0.1) is 24.3 Å². The SMILES string of the molecule is C#C[C@]1(OC(=O)C(C)CCCCCCCCCCCC)O[C@@H](n2cnc3c(N)nc(F)nc32)C[C@@H]1OC(=O)CCC. The number of halogens is 1. The lowest BCUT2D eigenvalue weighted by atomic mass is 10.0. The van der Waals surface area contributed by atoms with Crippen molar-refractivity contribution in [3.63, 3.8) is 0 Å². The normalized spacial score (nSPS) is 21.0. The van der Waals surface area contributed by atoms with E-state index in [1.165, 1.54) is 55.8 Å². The molecule has 0 saturated carbocycles. The first kappa shape index (κ1) is 32.3. The van der Waals surface area contributed by atoms with E-state index >= 15 is 0 Å². The first-order valence-corrected chi connectivity index (χ1v) is 15.0. The van der Waals surface area contributed by atoms with Crippen LogP contribution in [0.3, 0.4) is 0 Å². The van der Waals surface area contributed by atoms with E-state index in [-0.39, 0.29) is 29.8 Å². The van der Waals surface area contributed by atoms with Crippen LogP contribution in [0.1, 0.15) is 117 Å². The first-order valence-electron chi connectivity index (χ1n) is 15.0. The number of rotatable bonds is 17. The number of hydrogen-bond donors (Lipinski definition) is 1. The summed E-state index contributed by atoms with van der Waals surface area (Å²) in [5.41, 5.74) is 6.04. The van der Waals surface area contributed by atoms with E-state index in [1.54, 1.807) is 6.92 Å². The minimum Gasteiger partial charge on any atom is -0.454 e. The number of nitrogens with zero attached hydrogens (tertiary/aromatic N) is 4. The lowest BCUT2D eigenvalue weighted by Crippen LogP contribution is -2.46. The van der Waals surface area contributed by atoms with Gasteiger partial charge in [-0.05, 0) is 18.8 Å². The van der Waals surface area contributed by atoms with Crippen LogP contribution in [0.4, 0.5) is 10.2 Å². The summed E-state index contributed by atoms with van der Waals surface area (Å²) in [5, 5.41) is 0. The highest BCUT2D eigenvalue weighted by molar-refractivity contribution is 5.81. The summed E-state index contributed by atoms with van der Waals surface area (Å²) in [5.74, 6) is -1.14. The molecule has 0 aliphatic carbocycles. The second kappa shape index (κ2) is 15.7. The molecule has 10 nitrogen and oxygen atoms in total. The van der Waals surface area contributed by atoms with Gasteiger partial charge in [0, 0.05) is 12.8 Å². The van der Waals surface area contributed by atoms with E-state index in [1.807, 2.05) is 6.92 Å². The summed E-state index contributed by atoms with van der Waals surface area (Å²) in [6, 6.07) is 0. The number of fused-ring (bicyclic) bond motifs is 1. The second-order valence-electron chi connectivity index (χ2n) is 10.8. The topological polar surface area (TPSA) is 131 Å². The number of esters is 2. The zero-order chi connectivity index (χ0) is 29.8. The van der Waals surface area contributed by atoms with E-state index in [9.17, 15) is 14.0 Å². The van der Waals surface area contributed by atoms with Crippen molar-refractivity contribution >= 4 is 28.9 Å². The molecule has 226 valence electrons. The molecule has 1 saturated heterocycles. The molecule has 2 aromatic heterocycles. The third-order valence-corrected chi connectivity index (χ3v) is 7.46. The van der Waals surface area contributed by atoms with Gasteiger partial charge in [0.2, 0.25) is 0 Å². The standard InChI is InChI=1S/C30H44FN5O5/c1-5-8-9-10-11-12-13-14-15-16-18-21(4)28(38)41-30(7-3)22(39-24(37)17-6-2)19-23(40-30)36-20-33-25-26(32)34-29(31)35-27(25)36/h3,20-23H,5-6,8-19H2,1-2,4H3,(H2,32,34,35)/t21?,22-,23+,30+/m0/s1. The van der Waals surface area contributed by atoms with Crippen LogP contribution < -0.4 is 5.73 Å². The minimum absolute atomic E-state index is 0.0245. The van der Waals surface area contributed by atoms with Gasteiger partial charge in [-0.1, -0.05) is 85.0 Å². The van der Waals surface area contributed by atoms with Crippen LogP contribution in [-0.4, -0.2) is 43.3 Å². The lowest BCUT2D eigenvalue weighted by molar-refractivity contribution is -0.234. The molecule has 1 unspecified atom stereocenters. The second-order valence-corrected chi connectivity index (χ2v) is 10.8. The molecule has 4 atom stereocenters. The fourth-order valence-corrected chi connectivity index (χ4v) is 5.06. The smallest absolute Gasteiger partial charge is 0.317 e. The molecule has 0 radical (unpaired) electrons. The molecule has 0 amide bonds. The fraction of sp³-hybridized carbons (Fsp3) is 0.700. The summed E-state index contributed by atoms with van der Waals surface area (Å²) in [7, 11) is 0. The van der Waals surface area contributed by atoms with Crippen LogP contribution in [0.2, 0.25) is 0 Å². The Bertz CT molecular complexity index is 1200. The molecule has 0 spiro atoms. The van der Waals surface area contributed by atoms with E-state index in [4.69, 9.17) is 26.4 Å². The lowest BCUT2D eigenvalue weighted by Gasteiger charge is -2.29. The van der Waals surface area contributed by atoms with Crippen molar-refractivity contribution in [2.75, 3.05) is 5.73 Å². The largest absolute Gasteiger partial charge is 0.454 e. The number of unbranched alkanes of at least 4 members (excludes halogenated alkanes) is 9. The zero-order valence-electron chi connectivity index (χ0n) is 24.6. The highest BCUT2D eigenvalue weighted by Crippen LogP contribution is 2.41. The number of carbonyl (C=O) groups is 2. The number of nitrogen functional groups attached to an aromatic ring is 1. The van der Waals surface area contributed by atoms with Crippen molar-refractivity contribution in [3.8, 4) is 12.3 Å². The molecule has 0 bridgehead atoms. The van der Waals surface area contributed by atoms with Gasteiger partial charge in [-0.3, -0.25) is 14.2 Å². The highest BCUT2D eigenvalue weighted by atomic mass is 19.1. The van der Waals surface area contributed by atoms with Crippen LogP contribution in [0.25, 0.3) is 11.2 Å². The minimum atomic E-state index is -1.97. The Kier molecular flexibility index (Phi) is 12.3. The highest BCUT2D eigenvalue weighted by Gasteiger charge is 2.55. The summed E-state index contributed by atoms with van der Waals surface area (Å²) in [6.45, 7) is 5.85. The number of imidazole rings is 1. The van der Waals surface area contributed by atoms with Crippen LogP contribution in [0.5, 0.6) is 0 Å². The number of terminal acetylenes is 1. The van der Waals surface area contributed by atoms with Gasteiger partial charge in [-0.15, -0.1) is 6.42 Å². The summed E-state index contributed by atoms with van der Waals surface area (Å²) < 4.78 is 32.9. The van der Waals surface area contributed by atoms with Gasteiger partial charge >= 0.3 is 23.8 Å². The molecule has 1 fully saturated rings. The Morgan fingerprint density at radius 3 is 2.44 bits per heavy atom. The van der Waals surface area contributed by atoms with Crippen molar-refractivity contribution in [1.82, 2.24) is 19.5 Å². The first-order chi connectivity index (χ1) is 19.7. The predicted molar refractivity (Wildman–Crippen MR) is 153 cm³/mol. The van der Waals surface area contributed by atoms with Crippen molar-refractivity contribution in [2.24, 2.45) is 5.92 Å². The maximum atomic E-state index is 13.9. The summed E-state index contributed by atoms with van der Waals surface area (Å²) >= 11 is 0. The van der Waals surface area contributed by atoms with Crippen LogP contribution in [-0.2, 0) is 23.8 Å². The zero-order valence-corrected chi connectivity index (χ0v) is 24.6. The molecule has 2 aromatic rings. The average molecular weight is 574 g/mol. The molecule has 1 aliphatic rings. The Balaban J connectivity index is 1.63.